The van der Waals surface area contributed by atoms with Crippen LogP contribution in [-0.4, -0.2) is 50.8 Å². The summed E-state index contributed by atoms with van der Waals surface area (Å²) in [7, 11) is -3.76. The van der Waals surface area contributed by atoms with Gasteiger partial charge < -0.3 is 4.74 Å². The number of hydrogen-bond acceptors (Lipinski definition) is 5. The Morgan fingerprint density at radius 1 is 1.10 bits per heavy atom. The van der Waals surface area contributed by atoms with Crippen LogP contribution in [0.3, 0.4) is 0 Å². The van der Waals surface area contributed by atoms with Crippen molar-refractivity contribution in [2.45, 2.75) is 4.90 Å². The van der Waals surface area contributed by atoms with Gasteiger partial charge in [-0.2, -0.15) is 4.31 Å². The summed E-state index contributed by atoms with van der Waals surface area (Å²) < 4.78 is 45.0. The topological polar surface area (TPSA) is 105 Å². The summed E-state index contributed by atoms with van der Waals surface area (Å²) in [6.45, 7) is 1.09. The van der Waals surface area contributed by atoms with Gasteiger partial charge in [-0.15, -0.1) is 0 Å². The summed E-state index contributed by atoms with van der Waals surface area (Å²) in [5.41, 5.74) is 4.95. The Morgan fingerprint density at radius 3 is 2.55 bits per heavy atom. The molecule has 2 amide bonds. The SMILES string of the molecule is O=C(/C=C/c1ccc(F)c(Cl)c1)NNC(=O)c1cccc(S(=O)(=O)N2CCOCC2)c1. The van der Waals surface area contributed by atoms with Crippen molar-refractivity contribution in [3.8, 4) is 0 Å². The first-order valence-corrected chi connectivity index (χ1v) is 11.0. The van der Waals surface area contributed by atoms with Gasteiger partial charge in [-0.1, -0.05) is 23.7 Å². The average Bonchev–Trinajstić information content (AvgIpc) is 2.79. The van der Waals surface area contributed by atoms with Crippen molar-refractivity contribution in [2.24, 2.45) is 0 Å². The first-order chi connectivity index (χ1) is 14.8. The lowest BCUT2D eigenvalue weighted by Crippen LogP contribution is -2.41. The molecule has 2 aromatic rings. The first kappa shape index (κ1) is 22.9. The van der Waals surface area contributed by atoms with Gasteiger partial charge in [0, 0.05) is 24.7 Å². The van der Waals surface area contributed by atoms with Gasteiger partial charge in [0.25, 0.3) is 11.8 Å². The van der Waals surface area contributed by atoms with Crippen LogP contribution in [0.25, 0.3) is 6.08 Å². The largest absolute Gasteiger partial charge is 0.379 e. The molecule has 0 atom stereocenters. The van der Waals surface area contributed by atoms with Crippen molar-refractivity contribution >= 4 is 39.5 Å². The Kier molecular flexibility index (Phi) is 7.39. The van der Waals surface area contributed by atoms with Gasteiger partial charge >= 0.3 is 0 Å². The van der Waals surface area contributed by atoms with Gasteiger partial charge in [0.05, 0.1) is 23.1 Å². The molecule has 0 bridgehead atoms. The molecule has 3 rings (SSSR count). The predicted molar refractivity (Wildman–Crippen MR) is 112 cm³/mol. The van der Waals surface area contributed by atoms with E-state index in [4.69, 9.17) is 16.3 Å². The Morgan fingerprint density at radius 2 is 1.84 bits per heavy atom. The lowest BCUT2D eigenvalue weighted by atomic mass is 10.2. The van der Waals surface area contributed by atoms with Gasteiger partial charge in [-0.25, -0.2) is 12.8 Å². The van der Waals surface area contributed by atoms with Crippen LogP contribution in [-0.2, 0) is 19.6 Å². The molecule has 1 fully saturated rings. The van der Waals surface area contributed by atoms with E-state index in [2.05, 4.69) is 10.9 Å². The van der Waals surface area contributed by atoms with Gasteiger partial charge in [0.15, 0.2) is 0 Å². The maximum absolute atomic E-state index is 13.1. The quantitative estimate of drug-likeness (QED) is 0.516. The highest BCUT2D eigenvalue weighted by Crippen LogP contribution is 2.19. The lowest BCUT2D eigenvalue weighted by Gasteiger charge is -2.26. The summed E-state index contributed by atoms with van der Waals surface area (Å²) in [4.78, 5) is 24.2. The van der Waals surface area contributed by atoms with Crippen LogP contribution in [0, 0.1) is 5.82 Å². The highest BCUT2D eigenvalue weighted by molar-refractivity contribution is 7.89. The molecule has 1 saturated heterocycles. The van der Waals surface area contributed by atoms with E-state index in [1.807, 2.05) is 0 Å². The molecule has 11 heteroatoms. The highest BCUT2D eigenvalue weighted by atomic mass is 35.5. The summed E-state index contributed by atoms with van der Waals surface area (Å²) in [5, 5.41) is -0.0808. The molecule has 2 aromatic carbocycles. The highest BCUT2D eigenvalue weighted by Gasteiger charge is 2.26. The van der Waals surface area contributed by atoms with E-state index in [0.717, 1.165) is 6.08 Å². The van der Waals surface area contributed by atoms with E-state index in [1.54, 1.807) is 0 Å². The average molecular weight is 468 g/mol. The maximum Gasteiger partial charge on any atom is 0.269 e. The standard InChI is InChI=1S/C20H19ClFN3O5S/c21-17-12-14(4-6-18(17)22)5-7-19(26)23-24-20(27)15-2-1-3-16(13-15)31(28,29)25-8-10-30-11-9-25/h1-7,12-13H,8-11H2,(H,23,26)(H,24,27)/b7-5+. The number of sulfonamides is 1. The molecule has 0 radical (unpaired) electrons. The number of carbonyl (C=O) groups excluding carboxylic acids is 2. The molecule has 0 saturated carbocycles. The molecule has 164 valence electrons. The van der Waals surface area contributed by atoms with Crippen LogP contribution in [0.1, 0.15) is 15.9 Å². The molecule has 0 aliphatic carbocycles. The van der Waals surface area contributed by atoms with Crippen LogP contribution in [0.2, 0.25) is 5.02 Å². The Hall–Kier alpha value is -2.79. The lowest BCUT2D eigenvalue weighted by molar-refractivity contribution is -0.117. The van der Waals surface area contributed by atoms with Crippen molar-refractivity contribution in [1.29, 1.82) is 0 Å². The van der Waals surface area contributed by atoms with E-state index in [0.29, 0.717) is 18.8 Å². The fourth-order valence-electron chi connectivity index (χ4n) is 2.75. The number of ether oxygens (including phenoxy) is 1. The van der Waals surface area contributed by atoms with E-state index < -0.39 is 27.7 Å². The number of halogens is 2. The van der Waals surface area contributed by atoms with Crippen LogP contribution >= 0.6 is 11.6 Å². The van der Waals surface area contributed by atoms with Gasteiger partial charge in [0.2, 0.25) is 10.0 Å². The molecule has 2 N–H and O–H groups in total. The molecule has 1 heterocycles. The molecule has 0 unspecified atom stereocenters. The molecule has 31 heavy (non-hydrogen) atoms. The number of carbonyl (C=O) groups is 2. The number of nitrogens with one attached hydrogen (secondary N) is 2. The smallest absolute Gasteiger partial charge is 0.269 e. The molecule has 1 aliphatic rings. The summed E-state index contributed by atoms with van der Waals surface area (Å²) >= 11 is 5.68. The number of benzene rings is 2. The Labute approximate surface area is 183 Å². The maximum atomic E-state index is 13.1. The number of hydrogen-bond donors (Lipinski definition) is 2. The second-order valence-corrected chi connectivity index (χ2v) is 8.84. The van der Waals surface area contributed by atoms with Gasteiger partial charge in [-0.3, -0.25) is 20.4 Å². The Balaban J connectivity index is 1.61. The summed E-state index contributed by atoms with van der Waals surface area (Å²) in [6.07, 6.45) is 2.52. The van der Waals surface area contributed by atoms with Crippen molar-refractivity contribution < 1.29 is 27.1 Å². The molecule has 0 spiro atoms. The third-order valence-corrected chi connectivity index (χ3v) is 6.56. The van der Waals surface area contributed by atoms with Crippen LogP contribution in [0.4, 0.5) is 4.39 Å². The van der Waals surface area contributed by atoms with Crippen molar-refractivity contribution in [3.05, 3.63) is 70.5 Å². The Bertz CT molecular complexity index is 1120. The molecular weight excluding hydrogens is 449 g/mol. The van der Waals surface area contributed by atoms with Crippen molar-refractivity contribution in [2.75, 3.05) is 26.3 Å². The third kappa shape index (κ3) is 5.88. The predicted octanol–water partition coefficient (Wildman–Crippen LogP) is 1.97. The minimum absolute atomic E-state index is 0.0264. The monoisotopic (exact) mass is 467 g/mol. The van der Waals surface area contributed by atoms with Crippen LogP contribution in [0.5, 0.6) is 0 Å². The van der Waals surface area contributed by atoms with Crippen LogP contribution < -0.4 is 10.9 Å². The second kappa shape index (κ2) is 10.0. The zero-order valence-electron chi connectivity index (χ0n) is 16.2. The van der Waals surface area contributed by atoms with Gasteiger partial charge in [0.1, 0.15) is 5.82 Å². The molecular formula is C20H19ClFN3O5S. The van der Waals surface area contributed by atoms with E-state index in [1.165, 1.54) is 52.8 Å². The zero-order chi connectivity index (χ0) is 22.4. The molecule has 0 aromatic heterocycles. The summed E-state index contributed by atoms with van der Waals surface area (Å²) in [5.74, 6) is -1.91. The number of hydrazine groups is 1. The number of morpholine rings is 1. The van der Waals surface area contributed by atoms with E-state index in [-0.39, 0.29) is 28.6 Å². The fourth-order valence-corrected chi connectivity index (χ4v) is 4.40. The van der Waals surface area contributed by atoms with Crippen LogP contribution in [0.15, 0.2) is 53.4 Å². The molecule has 1 aliphatic heterocycles. The van der Waals surface area contributed by atoms with E-state index in [9.17, 15) is 22.4 Å². The number of amides is 2. The summed E-state index contributed by atoms with van der Waals surface area (Å²) in [6, 6.07) is 9.46. The normalized spacial score (nSPS) is 15.0. The zero-order valence-corrected chi connectivity index (χ0v) is 17.7. The minimum Gasteiger partial charge on any atom is -0.379 e. The van der Waals surface area contributed by atoms with Crippen molar-refractivity contribution in [1.82, 2.24) is 15.2 Å². The second-order valence-electron chi connectivity index (χ2n) is 6.49. The molecule has 8 nitrogen and oxygen atoms in total. The number of rotatable bonds is 5. The number of nitrogens with zero attached hydrogens (tertiary/aromatic N) is 1. The first-order valence-electron chi connectivity index (χ1n) is 9.19. The minimum atomic E-state index is -3.76. The fraction of sp³-hybridized carbons (Fsp3) is 0.200. The third-order valence-electron chi connectivity index (χ3n) is 4.37. The van der Waals surface area contributed by atoms with Gasteiger partial charge in [-0.05, 0) is 42.0 Å². The van der Waals surface area contributed by atoms with E-state index >= 15 is 0 Å². The van der Waals surface area contributed by atoms with Crippen molar-refractivity contribution in [3.63, 3.8) is 0 Å².